The van der Waals surface area contributed by atoms with Gasteiger partial charge in [0.05, 0.1) is 12.8 Å². The highest BCUT2D eigenvalue weighted by atomic mass is 32.1. The van der Waals surface area contributed by atoms with Crippen LogP contribution in [-0.4, -0.2) is 37.1 Å². The normalized spacial score (nSPS) is 11.0. The highest BCUT2D eigenvalue weighted by Crippen LogP contribution is 2.34. The lowest BCUT2D eigenvalue weighted by Crippen LogP contribution is -2.29. The van der Waals surface area contributed by atoms with Crippen molar-refractivity contribution in [1.82, 2.24) is 15.6 Å². The Morgan fingerprint density at radius 3 is 2.39 bits per heavy atom. The first-order chi connectivity index (χ1) is 15.8. The average molecular weight is 468 g/mol. The lowest BCUT2D eigenvalue weighted by atomic mass is 9.82. The second-order valence-corrected chi connectivity index (χ2v) is 8.80. The van der Waals surface area contributed by atoms with Crippen LogP contribution in [0.25, 0.3) is 0 Å². The standard InChI is InChI=1S/C24H29N5O3S/c1-24(2,18-8-10-19(32-3)11-9-18)20-15-33-23(28-20)29-22(31)27-14-16-4-6-17(7-5-16)21(30)26-13-12-25/h4-11,15H,12-14,25H2,1-3H3,(H,26,30)(H2,27,28,29,31). The van der Waals surface area contributed by atoms with Crippen LogP contribution in [0.5, 0.6) is 5.75 Å². The zero-order chi connectivity index (χ0) is 23.8. The fourth-order valence-corrected chi connectivity index (χ4v) is 4.03. The zero-order valence-electron chi connectivity index (χ0n) is 19.0. The fourth-order valence-electron chi connectivity index (χ4n) is 3.16. The predicted octanol–water partition coefficient (Wildman–Crippen LogP) is 3.49. The Labute approximate surface area is 197 Å². The number of methoxy groups -OCH3 is 1. The molecule has 1 aromatic heterocycles. The summed E-state index contributed by atoms with van der Waals surface area (Å²) in [6.07, 6.45) is 0. The van der Waals surface area contributed by atoms with E-state index in [0.29, 0.717) is 30.3 Å². The maximum Gasteiger partial charge on any atom is 0.321 e. The van der Waals surface area contributed by atoms with Crippen LogP contribution in [0.2, 0.25) is 0 Å². The van der Waals surface area contributed by atoms with Gasteiger partial charge in [0.15, 0.2) is 5.13 Å². The van der Waals surface area contributed by atoms with Gasteiger partial charge >= 0.3 is 6.03 Å². The van der Waals surface area contributed by atoms with E-state index in [2.05, 4.69) is 34.8 Å². The molecule has 8 nitrogen and oxygen atoms in total. The fraction of sp³-hybridized carbons (Fsp3) is 0.292. The molecular formula is C24H29N5O3S. The SMILES string of the molecule is COc1ccc(C(C)(C)c2csc(NC(=O)NCc3ccc(C(=O)NCCN)cc3)n2)cc1. The Kier molecular flexibility index (Phi) is 8.02. The number of hydrogen-bond donors (Lipinski definition) is 4. The van der Waals surface area contributed by atoms with Crippen molar-refractivity contribution in [1.29, 1.82) is 0 Å². The van der Waals surface area contributed by atoms with Gasteiger partial charge in [0.1, 0.15) is 5.75 Å². The van der Waals surface area contributed by atoms with Crippen molar-refractivity contribution >= 4 is 28.4 Å². The van der Waals surface area contributed by atoms with E-state index in [-0.39, 0.29) is 17.4 Å². The molecule has 33 heavy (non-hydrogen) atoms. The average Bonchev–Trinajstić information content (AvgIpc) is 3.31. The lowest BCUT2D eigenvalue weighted by molar-refractivity contribution is 0.0954. The molecule has 3 rings (SSSR count). The Morgan fingerprint density at radius 1 is 1.06 bits per heavy atom. The van der Waals surface area contributed by atoms with Crippen LogP contribution in [0.1, 0.15) is 41.0 Å². The number of nitrogens with two attached hydrogens (primary N) is 1. The molecule has 0 fully saturated rings. The van der Waals surface area contributed by atoms with E-state index >= 15 is 0 Å². The molecule has 0 unspecified atom stereocenters. The molecule has 5 N–H and O–H groups in total. The number of nitrogens with one attached hydrogen (secondary N) is 3. The third-order valence-corrected chi connectivity index (χ3v) is 6.03. The number of urea groups is 1. The van der Waals surface area contributed by atoms with Crippen molar-refractivity contribution in [3.05, 3.63) is 76.3 Å². The Hall–Kier alpha value is -3.43. The van der Waals surface area contributed by atoms with Crippen LogP contribution in [-0.2, 0) is 12.0 Å². The first kappa shape index (κ1) is 24.2. The third-order valence-electron chi connectivity index (χ3n) is 5.28. The monoisotopic (exact) mass is 467 g/mol. The summed E-state index contributed by atoms with van der Waals surface area (Å²) in [6, 6.07) is 14.6. The number of carbonyl (C=O) groups is 2. The van der Waals surface area contributed by atoms with Crippen molar-refractivity contribution in [2.45, 2.75) is 25.8 Å². The summed E-state index contributed by atoms with van der Waals surface area (Å²) in [7, 11) is 1.64. The minimum Gasteiger partial charge on any atom is -0.497 e. The number of benzene rings is 2. The summed E-state index contributed by atoms with van der Waals surface area (Å²) >= 11 is 1.38. The summed E-state index contributed by atoms with van der Waals surface area (Å²) in [5.74, 6) is 0.631. The molecule has 0 saturated heterocycles. The van der Waals surface area contributed by atoms with Crippen LogP contribution in [0.15, 0.2) is 53.9 Å². The Balaban J connectivity index is 1.54. The maximum absolute atomic E-state index is 12.3. The molecule has 0 atom stereocenters. The van der Waals surface area contributed by atoms with E-state index in [9.17, 15) is 9.59 Å². The molecule has 0 saturated carbocycles. The van der Waals surface area contributed by atoms with Crippen LogP contribution in [0.3, 0.4) is 0 Å². The number of carbonyl (C=O) groups excluding carboxylic acids is 2. The minimum atomic E-state index is -0.345. The zero-order valence-corrected chi connectivity index (χ0v) is 19.8. The summed E-state index contributed by atoms with van der Waals surface area (Å²) in [5.41, 5.74) is 8.47. The van der Waals surface area contributed by atoms with E-state index in [1.54, 1.807) is 31.4 Å². The highest BCUT2D eigenvalue weighted by molar-refractivity contribution is 7.13. The molecule has 0 radical (unpaired) electrons. The number of nitrogens with zero attached hydrogens (tertiary/aromatic N) is 1. The van der Waals surface area contributed by atoms with Crippen molar-refractivity contribution in [2.75, 3.05) is 25.5 Å². The van der Waals surface area contributed by atoms with Crippen molar-refractivity contribution in [3.63, 3.8) is 0 Å². The number of anilines is 1. The minimum absolute atomic E-state index is 0.171. The molecule has 174 valence electrons. The number of aromatic nitrogens is 1. The van der Waals surface area contributed by atoms with Crippen molar-refractivity contribution in [2.24, 2.45) is 5.73 Å². The van der Waals surface area contributed by atoms with Gasteiger partial charge in [-0.2, -0.15) is 0 Å². The van der Waals surface area contributed by atoms with Crippen LogP contribution < -0.4 is 26.4 Å². The van der Waals surface area contributed by atoms with Gasteiger partial charge in [-0.25, -0.2) is 9.78 Å². The lowest BCUT2D eigenvalue weighted by Gasteiger charge is -2.23. The molecule has 0 aliphatic carbocycles. The van der Waals surface area contributed by atoms with Gasteiger partial charge in [-0.05, 0) is 35.4 Å². The molecule has 9 heteroatoms. The molecule has 1 heterocycles. The smallest absolute Gasteiger partial charge is 0.321 e. The number of rotatable bonds is 9. The Bertz CT molecular complexity index is 1080. The van der Waals surface area contributed by atoms with E-state index in [0.717, 1.165) is 22.6 Å². The summed E-state index contributed by atoms with van der Waals surface area (Å²) in [5, 5.41) is 10.8. The summed E-state index contributed by atoms with van der Waals surface area (Å²) < 4.78 is 5.23. The first-order valence-electron chi connectivity index (χ1n) is 10.6. The molecule has 3 amide bonds. The van der Waals surface area contributed by atoms with Gasteiger partial charge < -0.3 is 21.1 Å². The summed E-state index contributed by atoms with van der Waals surface area (Å²) in [4.78, 5) is 28.9. The van der Waals surface area contributed by atoms with E-state index in [1.165, 1.54) is 11.3 Å². The van der Waals surface area contributed by atoms with E-state index in [1.807, 2.05) is 29.6 Å². The summed E-state index contributed by atoms with van der Waals surface area (Å²) in [6.45, 7) is 5.33. The third kappa shape index (κ3) is 6.30. The topological polar surface area (TPSA) is 118 Å². The van der Waals surface area contributed by atoms with Gasteiger partial charge in [0, 0.05) is 36.0 Å². The number of thiazole rings is 1. The molecular weight excluding hydrogens is 438 g/mol. The molecule has 0 aliphatic heterocycles. The van der Waals surface area contributed by atoms with Gasteiger partial charge in [-0.1, -0.05) is 38.1 Å². The van der Waals surface area contributed by atoms with Gasteiger partial charge in [0.25, 0.3) is 5.91 Å². The molecule has 0 aliphatic rings. The van der Waals surface area contributed by atoms with Crippen LogP contribution >= 0.6 is 11.3 Å². The van der Waals surface area contributed by atoms with E-state index in [4.69, 9.17) is 10.5 Å². The van der Waals surface area contributed by atoms with Crippen LogP contribution in [0, 0.1) is 0 Å². The largest absolute Gasteiger partial charge is 0.497 e. The second kappa shape index (κ2) is 10.9. The van der Waals surface area contributed by atoms with Crippen LogP contribution in [0.4, 0.5) is 9.93 Å². The van der Waals surface area contributed by atoms with E-state index < -0.39 is 0 Å². The second-order valence-electron chi connectivity index (χ2n) is 7.94. The molecule has 2 aromatic carbocycles. The highest BCUT2D eigenvalue weighted by Gasteiger charge is 2.26. The van der Waals surface area contributed by atoms with Gasteiger partial charge in [0.2, 0.25) is 0 Å². The first-order valence-corrected chi connectivity index (χ1v) is 11.4. The van der Waals surface area contributed by atoms with Crippen molar-refractivity contribution < 1.29 is 14.3 Å². The molecule has 0 bridgehead atoms. The predicted molar refractivity (Wildman–Crippen MR) is 131 cm³/mol. The number of hydrogen-bond acceptors (Lipinski definition) is 6. The maximum atomic E-state index is 12.3. The Morgan fingerprint density at radius 2 is 1.76 bits per heavy atom. The van der Waals surface area contributed by atoms with Gasteiger partial charge in [-0.3, -0.25) is 10.1 Å². The number of ether oxygens (including phenoxy) is 1. The van der Waals surface area contributed by atoms with Gasteiger partial charge in [-0.15, -0.1) is 11.3 Å². The van der Waals surface area contributed by atoms with Crippen molar-refractivity contribution in [3.8, 4) is 5.75 Å². The molecule has 0 spiro atoms. The number of amides is 3. The quantitative estimate of drug-likeness (QED) is 0.384. The molecule has 3 aromatic rings.